The van der Waals surface area contributed by atoms with Crippen LogP contribution in [-0.2, 0) is 20.9 Å². The highest BCUT2D eigenvalue weighted by molar-refractivity contribution is 6.30. The summed E-state index contributed by atoms with van der Waals surface area (Å²) in [5.41, 5.74) is 0.739. The monoisotopic (exact) mass is 404 g/mol. The molecule has 2 amide bonds. The molecule has 2 aromatic rings. The lowest BCUT2D eigenvalue weighted by Crippen LogP contribution is -2.32. The van der Waals surface area contributed by atoms with E-state index in [4.69, 9.17) is 20.9 Å². The van der Waals surface area contributed by atoms with Gasteiger partial charge in [-0.15, -0.1) is 0 Å². The summed E-state index contributed by atoms with van der Waals surface area (Å²) in [6.07, 6.45) is 1.91. The highest BCUT2D eigenvalue weighted by atomic mass is 35.5. The molecule has 0 saturated carbocycles. The first-order valence-corrected chi connectivity index (χ1v) is 9.72. The van der Waals surface area contributed by atoms with E-state index in [2.05, 4.69) is 15.5 Å². The molecule has 1 N–H and O–H groups in total. The molecule has 1 aromatic carbocycles. The molecule has 4 rings (SSSR count). The van der Waals surface area contributed by atoms with Crippen LogP contribution < -0.4 is 10.2 Å². The molecular formula is C19H21ClN4O4. The molecule has 0 bridgehead atoms. The minimum atomic E-state index is -0.416. The van der Waals surface area contributed by atoms with E-state index in [1.807, 2.05) is 0 Å². The smallest absolute Gasteiger partial charge is 0.246 e. The Labute approximate surface area is 167 Å². The van der Waals surface area contributed by atoms with Crippen LogP contribution in [0.1, 0.15) is 36.9 Å². The van der Waals surface area contributed by atoms with E-state index in [-0.39, 0.29) is 30.7 Å². The maximum Gasteiger partial charge on any atom is 0.246 e. The minimum Gasteiger partial charge on any atom is -0.381 e. The molecule has 1 atom stereocenters. The number of nitrogens with zero attached hydrogens (tertiary/aromatic N) is 3. The van der Waals surface area contributed by atoms with Crippen LogP contribution >= 0.6 is 11.6 Å². The van der Waals surface area contributed by atoms with Crippen molar-refractivity contribution in [3.05, 3.63) is 41.0 Å². The lowest BCUT2D eigenvalue weighted by molar-refractivity contribution is -0.126. The van der Waals surface area contributed by atoms with Crippen molar-refractivity contribution in [1.82, 2.24) is 15.5 Å². The van der Waals surface area contributed by atoms with Gasteiger partial charge in [0.1, 0.15) is 0 Å². The van der Waals surface area contributed by atoms with Crippen molar-refractivity contribution in [2.75, 3.05) is 24.7 Å². The van der Waals surface area contributed by atoms with Crippen molar-refractivity contribution in [2.45, 2.75) is 31.7 Å². The molecule has 1 unspecified atom stereocenters. The molecule has 148 valence electrons. The summed E-state index contributed by atoms with van der Waals surface area (Å²) >= 11 is 5.89. The summed E-state index contributed by atoms with van der Waals surface area (Å²) in [6, 6.07) is 7.00. The molecule has 2 fully saturated rings. The summed E-state index contributed by atoms with van der Waals surface area (Å²) in [5.74, 6) is 0.576. The zero-order valence-electron chi connectivity index (χ0n) is 15.3. The van der Waals surface area contributed by atoms with Crippen LogP contribution in [0, 0.1) is 5.92 Å². The molecule has 0 spiro atoms. The fourth-order valence-corrected chi connectivity index (χ4v) is 3.65. The molecule has 1 aromatic heterocycles. The first-order valence-electron chi connectivity index (χ1n) is 9.34. The third-order valence-electron chi connectivity index (χ3n) is 5.12. The van der Waals surface area contributed by atoms with Gasteiger partial charge in [-0.05, 0) is 37.1 Å². The number of benzene rings is 1. The second kappa shape index (κ2) is 8.28. The van der Waals surface area contributed by atoms with Gasteiger partial charge >= 0.3 is 0 Å². The number of carbonyl (C=O) groups excluding carboxylic acids is 2. The van der Waals surface area contributed by atoms with E-state index < -0.39 is 5.92 Å². The summed E-state index contributed by atoms with van der Waals surface area (Å²) in [6.45, 7) is 1.89. The Morgan fingerprint density at radius 1 is 1.25 bits per heavy atom. The Balaban J connectivity index is 1.31. The highest BCUT2D eigenvalue weighted by Crippen LogP contribution is 2.27. The molecule has 3 heterocycles. The van der Waals surface area contributed by atoms with Gasteiger partial charge in [-0.2, -0.15) is 4.98 Å². The van der Waals surface area contributed by atoms with Crippen LogP contribution in [0.4, 0.5) is 5.69 Å². The first-order chi connectivity index (χ1) is 13.6. The number of nitrogens with one attached hydrogen (secondary N) is 1. The van der Waals surface area contributed by atoms with Gasteiger partial charge in [-0.1, -0.05) is 16.8 Å². The third kappa shape index (κ3) is 4.18. The predicted molar refractivity (Wildman–Crippen MR) is 101 cm³/mol. The summed E-state index contributed by atoms with van der Waals surface area (Å²) in [4.78, 5) is 30.8. The molecule has 0 aliphatic carbocycles. The molecule has 2 aliphatic heterocycles. The van der Waals surface area contributed by atoms with Crippen molar-refractivity contribution >= 4 is 29.1 Å². The van der Waals surface area contributed by atoms with Gasteiger partial charge in [-0.3, -0.25) is 9.59 Å². The van der Waals surface area contributed by atoms with Gasteiger partial charge in [-0.25, -0.2) is 0 Å². The Kier molecular flexibility index (Phi) is 5.59. The number of aromatic nitrogens is 2. The van der Waals surface area contributed by atoms with E-state index in [9.17, 15) is 9.59 Å². The van der Waals surface area contributed by atoms with Crippen molar-refractivity contribution in [3.63, 3.8) is 0 Å². The number of hydrogen-bond acceptors (Lipinski definition) is 6. The van der Waals surface area contributed by atoms with E-state index in [0.29, 0.717) is 36.5 Å². The van der Waals surface area contributed by atoms with Crippen molar-refractivity contribution < 1.29 is 18.8 Å². The second-order valence-electron chi connectivity index (χ2n) is 7.03. The summed E-state index contributed by atoms with van der Waals surface area (Å²) in [7, 11) is 0. The summed E-state index contributed by atoms with van der Waals surface area (Å²) in [5, 5.41) is 7.42. The fraction of sp³-hybridized carbons (Fsp3) is 0.474. The average Bonchev–Trinajstić information content (AvgIpc) is 3.34. The quantitative estimate of drug-likeness (QED) is 0.821. The third-order valence-corrected chi connectivity index (χ3v) is 5.37. The number of rotatable bonds is 5. The van der Waals surface area contributed by atoms with Crippen LogP contribution in [0.5, 0.6) is 0 Å². The topological polar surface area (TPSA) is 97.6 Å². The normalized spacial score (nSPS) is 20.5. The predicted octanol–water partition coefficient (Wildman–Crippen LogP) is 2.29. The van der Waals surface area contributed by atoms with Gasteiger partial charge in [0.2, 0.25) is 17.7 Å². The molecular weight excluding hydrogens is 384 g/mol. The lowest BCUT2D eigenvalue weighted by atomic mass is 10.00. The van der Waals surface area contributed by atoms with Gasteiger partial charge in [0, 0.05) is 42.8 Å². The van der Waals surface area contributed by atoms with E-state index >= 15 is 0 Å². The SMILES string of the molecule is O=C(NCc1nc(C2CCOCC2)no1)C1CC(=O)N(c2ccc(Cl)cc2)C1. The van der Waals surface area contributed by atoms with Crippen LogP contribution in [0.3, 0.4) is 0 Å². The minimum absolute atomic E-state index is 0.0814. The number of hydrogen-bond donors (Lipinski definition) is 1. The van der Waals surface area contributed by atoms with Crippen LogP contribution in [0.15, 0.2) is 28.8 Å². The Bertz CT molecular complexity index is 848. The Morgan fingerprint density at radius 2 is 2.00 bits per heavy atom. The van der Waals surface area contributed by atoms with Gasteiger partial charge in [0.25, 0.3) is 0 Å². The van der Waals surface area contributed by atoms with E-state index in [1.54, 1.807) is 29.2 Å². The second-order valence-corrected chi connectivity index (χ2v) is 7.47. The molecule has 8 nitrogen and oxygen atoms in total. The average molecular weight is 405 g/mol. The molecule has 0 radical (unpaired) electrons. The van der Waals surface area contributed by atoms with E-state index in [1.165, 1.54) is 0 Å². The largest absolute Gasteiger partial charge is 0.381 e. The molecule has 2 aliphatic rings. The highest BCUT2D eigenvalue weighted by Gasteiger charge is 2.35. The van der Waals surface area contributed by atoms with Crippen LogP contribution in [0.25, 0.3) is 0 Å². The Hall–Kier alpha value is -2.45. The first kappa shape index (κ1) is 18.9. The number of amides is 2. The van der Waals surface area contributed by atoms with Gasteiger partial charge in [0.05, 0.1) is 12.5 Å². The maximum atomic E-state index is 12.5. The summed E-state index contributed by atoms with van der Waals surface area (Å²) < 4.78 is 10.6. The zero-order valence-corrected chi connectivity index (χ0v) is 16.0. The van der Waals surface area contributed by atoms with Gasteiger partial charge in [0.15, 0.2) is 5.82 Å². The van der Waals surface area contributed by atoms with Crippen molar-refractivity contribution in [2.24, 2.45) is 5.92 Å². The fourth-order valence-electron chi connectivity index (χ4n) is 3.52. The van der Waals surface area contributed by atoms with Crippen LogP contribution in [0.2, 0.25) is 5.02 Å². The lowest BCUT2D eigenvalue weighted by Gasteiger charge is -2.18. The number of halogens is 1. The molecule has 28 heavy (non-hydrogen) atoms. The van der Waals surface area contributed by atoms with E-state index in [0.717, 1.165) is 18.5 Å². The van der Waals surface area contributed by atoms with Gasteiger partial charge < -0.3 is 19.5 Å². The number of ether oxygens (including phenoxy) is 1. The van der Waals surface area contributed by atoms with Crippen LogP contribution in [-0.4, -0.2) is 41.7 Å². The number of anilines is 1. The number of carbonyl (C=O) groups is 2. The Morgan fingerprint density at radius 3 is 2.75 bits per heavy atom. The van der Waals surface area contributed by atoms with Crippen molar-refractivity contribution in [1.29, 1.82) is 0 Å². The maximum absolute atomic E-state index is 12.5. The standard InChI is InChI=1S/C19H21ClN4O4/c20-14-1-3-15(4-2-14)24-11-13(9-17(24)25)19(26)21-10-16-22-18(23-28-16)12-5-7-27-8-6-12/h1-4,12-13H,5-11H2,(H,21,26). The molecule has 9 heteroatoms. The molecule has 2 saturated heterocycles. The zero-order chi connectivity index (χ0) is 19.5. The van der Waals surface area contributed by atoms with Crippen molar-refractivity contribution in [3.8, 4) is 0 Å².